The van der Waals surface area contributed by atoms with Crippen LogP contribution in [0.25, 0.3) is 0 Å². The fourth-order valence-corrected chi connectivity index (χ4v) is 3.96. The van der Waals surface area contributed by atoms with Crippen LogP contribution in [0.4, 0.5) is 13.2 Å². The van der Waals surface area contributed by atoms with Crippen LogP contribution in [0, 0.1) is 0 Å². The Morgan fingerprint density at radius 3 is 2.04 bits per heavy atom. The number of benzene rings is 2. The van der Waals surface area contributed by atoms with Gasteiger partial charge in [0.15, 0.2) is 0 Å². The number of halogens is 3. The number of hydrogen-bond acceptors (Lipinski definition) is 3. The zero-order valence-electron chi connectivity index (χ0n) is 12.3. The summed E-state index contributed by atoms with van der Waals surface area (Å²) in [6.07, 6.45) is -5.19. The molecule has 1 atom stereocenters. The van der Waals surface area contributed by atoms with Crippen molar-refractivity contribution in [3.63, 3.8) is 0 Å². The first-order valence-electron chi connectivity index (χ1n) is 7.09. The first kappa shape index (κ1) is 16.5. The molecule has 2 aromatic rings. The number of nitrogens with zero attached hydrogens (tertiary/aromatic N) is 2. The summed E-state index contributed by atoms with van der Waals surface area (Å²) in [6.45, 7) is 0. The maximum absolute atomic E-state index is 13.1. The monoisotopic (exact) mass is 354 g/mol. The summed E-state index contributed by atoms with van der Waals surface area (Å²) < 4.78 is 65.2. The largest absolute Gasteiger partial charge is 0.431 e. The van der Waals surface area contributed by atoms with Gasteiger partial charge in [-0.1, -0.05) is 48.5 Å². The molecule has 2 aromatic carbocycles. The highest BCUT2D eigenvalue weighted by Gasteiger charge is 2.46. The standard InChI is InChI=1S/C16H13F3N2O2S/c17-16(18,19)15-11-14(12-7-3-1-4-8-12)21(20-15)24(22,23)13-9-5-2-6-10-13/h1-10,14H,11H2. The highest BCUT2D eigenvalue weighted by atomic mass is 32.2. The van der Waals surface area contributed by atoms with Crippen LogP contribution in [0.3, 0.4) is 0 Å². The summed E-state index contributed by atoms with van der Waals surface area (Å²) in [7, 11) is -4.18. The average molecular weight is 354 g/mol. The quantitative estimate of drug-likeness (QED) is 0.843. The number of alkyl halides is 3. The van der Waals surface area contributed by atoms with Crippen LogP contribution >= 0.6 is 0 Å². The molecule has 1 aliphatic rings. The van der Waals surface area contributed by atoms with Crippen molar-refractivity contribution in [2.75, 3.05) is 0 Å². The summed E-state index contributed by atoms with van der Waals surface area (Å²) in [5, 5.41) is 3.40. The molecule has 4 nitrogen and oxygen atoms in total. The van der Waals surface area contributed by atoms with Gasteiger partial charge in [0.2, 0.25) is 0 Å². The molecule has 0 spiro atoms. The second-order valence-corrected chi connectivity index (χ2v) is 7.06. The Bertz CT molecular complexity index is 850. The van der Waals surface area contributed by atoms with E-state index in [9.17, 15) is 21.6 Å². The van der Waals surface area contributed by atoms with Gasteiger partial charge in [-0.25, -0.2) is 0 Å². The Labute approximate surface area is 137 Å². The normalized spacial score (nSPS) is 18.5. The van der Waals surface area contributed by atoms with Crippen LogP contribution < -0.4 is 0 Å². The first-order valence-corrected chi connectivity index (χ1v) is 8.53. The van der Waals surface area contributed by atoms with E-state index < -0.39 is 34.4 Å². The minimum absolute atomic E-state index is 0.0990. The van der Waals surface area contributed by atoms with Gasteiger partial charge in [-0.2, -0.15) is 31.1 Å². The molecule has 0 aromatic heterocycles. The van der Waals surface area contributed by atoms with Gasteiger partial charge in [-0.3, -0.25) is 0 Å². The van der Waals surface area contributed by atoms with Crippen molar-refractivity contribution < 1.29 is 21.6 Å². The van der Waals surface area contributed by atoms with Crippen LogP contribution in [0.15, 0.2) is 70.7 Å². The summed E-state index contributed by atoms with van der Waals surface area (Å²) in [5.41, 5.74) is -0.643. The molecule has 0 saturated carbocycles. The molecule has 0 radical (unpaired) electrons. The van der Waals surface area contributed by atoms with Crippen molar-refractivity contribution in [2.24, 2.45) is 5.10 Å². The molecule has 0 amide bonds. The van der Waals surface area contributed by atoms with Gasteiger partial charge in [0.05, 0.1) is 10.9 Å². The third kappa shape index (κ3) is 3.01. The molecule has 0 bridgehead atoms. The molecular weight excluding hydrogens is 341 g/mol. The predicted octanol–water partition coefficient (Wildman–Crippen LogP) is 3.74. The van der Waals surface area contributed by atoms with E-state index in [1.807, 2.05) is 0 Å². The van der Waals surface area contributed by atoms with Gasteiger partial charge >= 0.3 is 6.18 Å². The molecule has 3 rings (SSSR count). The van der Waals surface area contributed by atoms with E-state index in [2.05, 4.69) is 5.10 Å². The number of rotatable bonds is 3. The predicted molar refractivity (Wildman–Crippen MR) is 82.8 cm³/mol. The van der Waals surface area contributed by atoms with E-state index in [0.29, 0.717) is 9.98 Å². The second kappa shape index (κ2) is 5.94. The lowest BCUT2D eigenvalue weighted by molar-refractivity contribution is -0.0600. The van der Waals surface area contributed by atoms with Crippen molar-refractivity contribution in [1.82, 2.24) is 4.41 Å². The average Bonchev–Trinajstić information content (AvgIpc) is 3.03. The zero-order chi connectivity index (χ0) is 17.4. The second-order valence-electron chi connectivity index (χ2n) is 5.27. The molecule has 1 aliphatic heterocycles. The van der Waals surface area contributed by atoms with E-state index >= 15 is 0 Å². The minimum Gasteiger partial charge on any atom is -0.200 e. The molecule has 1 heterocycles. The van der Waals surface area contributed by atoms with Gasteiger partial charge in [0.1, 0.15) is 5.71 Å². The summed E-state index contributed by atoms with van der Waals surface area (Å²) in [4.78, 5) is -0.0990. The van der Waals surface area contributed by atoms with Gasteiger partial charge in [-0.05, 0) is 17.7 Å². The Morgan fingerprint density at radius 1 is 0.958 bits per heavy atom. The smallest absolute Gasteiger partial charge is 0.200 e. The molecule has 126 valence electrons. The van der Waals surface area contributed by atoms with Crippen molar-refractivity contribution in [3.05, 3.63) is 66.2 Å². The molecule has 0 saturated heterocycles. The van der Waals surface area contributed by atoms with Crippen molar-refractivity contribution in [2.45, 2.75) is 23.5 Å². The lowest BCUT2D eigenvalue weighted by Gasteiger charge is -2.23. The van der Waals surface area contributed by atoms with Gasteiger partial charge in [0, 0.05) is 6.42 Å². The Hall–Kier alpha value is -2.35. The molecule has 0 N–H and O–H groups in total. The Balaban J connectivity index is 2.08. The van der Waals surface area contributed by atoms with Crippen molar-refractivity contribution in [1.29, 1.82) is 0 Å². The highest BCUT2D eigenvalue weighted by Crippen LogP contribution is 2.39. The summed E-state index contributed by atoms with van der Waals surface area (Å²) in [6, 6.07) is 14.5. The minimum atomic E-state index is -4.67. The van der Waals surface area contributed by atoms with E-state index in [-0.39, 0.29) is 4.90 Å². The Kier molecular flexibility index (Phi) is 4.08. The topological polar surface area (TPSA) is 49.7 Å². The molecular formula is C16H13F3N2O2S. The molecule has 0 fully saturated rings. The number of hydrogen-bond donors (Lipinski definition) is 0. The Morgan fingerprint density at radius 2 is 1.50 bits per heavy atom. The maximum atomic E-state index is 13.1. The fraction of sp³-hybridized carbons (Fsp3) is 0.188. The van der Waals surface area contributed by atoms with Crippen LogP contribution in [-0.2, 0) is 10.0 Å². The number of sulfonamides is 1. The third-order valence-electron chi connectivity index (χ3n) is 3.67. The highest BCUT2D eigenvalue weighted by molar-refractivity contribution is 7.89. The van der Waals surface area contributed by atoms with Gasteiger partial charge in [0.25, 0.3) is 10.0 Å². The zero-order valence-corrected chi connectivity index (χ0v) is 13.1. The SMILES string of the molecule is O=S(=O)(c1ccccc1)N1N=C(C(F)(F)F)CC1c1ccccc1. The van der Waals surface area contributed by atoms with Crippen LogP contribution in [0.5, 0.6) is 0 Å². The summed E-state index contributed by atoms with van der Waals surface area (Å²) >= 11 is 0. The van der Waals surface area contributed by atoms with E-state index in [0.717, 1.165) is 0 Å². The lowest BCUT2D eigenvalue weighted by Crippen LogP contribution is -2.27. The maximum Gasteiger partial charge on any atom is 0.431 e. The van der Waals surface area contributed by atoms with Crippen molar-refractivity contribution >= 4 is 15.7 Å². The van der Waals surface area contributed by atoms with E-state index in [1.165, 1.54) is 24.3 Å². The molecule has 24 heavy (non-hydrogen) atoms. The fourth-order valence-electron chi connectivity index (χ4n) is 2.51. The van der Waals surface area contributed by atoms with Gasteiger partial charge < -0.3 is 0 Å². The molecule has 0 aliphatic carbocycles. The third-order valence-corrected chi connectivity index (χ3v) is 5.37. The lowest BCUT2D eigenvalue weighted by atomic mass is 10.0. The van der Waals surface area contributed by atoms with Crippen LogP contribution in [0.1, 0.15) is 18.0 Å². The molecule has 1 unspecified atom stereocenters. The van der Waals surface area contributed by atoms with Crippen molar-refractivity contribution in [3.8, 4) is 0 Å². The van der Waals surface area contributed by atoms with Crippen LogP contribution in [-0.4, -0.2) is 24.7 Å². The van der Waals surface area contributed by atoms with E-state index in [4.69, 9.17) is 0 Å². The van der Waals surface area contributed by atoms with E-state index in [1.54, 1.807) is 36.4 Å². The van der Waals surface area contributed by atoms with Crippen LogP contribution in [0.2, 0.25) is 0 Å². The van der Waals surface area contributed by atoms with Gasteiger partial charge in [-0.15, -0.1) is 0 Å². The molecule has 8 heteroatoms. The number of hydrazone groups is 1. The first-order chi connectivity index (χ1) is 11.3. The summed E-state index contributed by atoms with van der Waals surface area (Å²) in [5.74, 6) is 0.